The number of hydrogen-bond donors (Lipinski definition) is 2. The van der Waals surface area contributed by atoms with Crippen molar-refractivity contribution in [3.8, 4) is 5.75 Å². The second-order valence-corrected chi connectivity index (χ2v) is 5.69. The van der Waals surface area contributed by atoms with Gasteiger partial charge in [0, 0.05) is 25.2 Å². The number of carbonyl (C=O) groups is 1. The van der Waals surface area contributed by atoms with E-state index >= 15 is 0 Å². The molecule has 2 fully saturated rings. The third-order valence-corrected chi connectivity index (χ3v) is 4.01. The molecular weight excluding hydrogens is 273 g/mol. The zero-order valence-corrected chi connectivity index (χ0v) is 11.8. The third-order valence-electron chi connectivity index (χ3n) is 4.01. The van der Waals surface area contributed by atoms with Gasteiger partial charge >= 0.3 is 0 Å². The number of likely N-dealkylation sites (tertiary alicyclic amines) is 1. The van der Waals surface area contributed by atoms with Crippen LogP contribution in [-0.2, 0) is 0 Å². The highest BCUT2D eigenvalue weighted by molar-refractivity contribution is 5.97. The minimum absolute atomic E-state index is 0.0962. The topological polar surface area (TPSA) is 67.6 Å². The number of hydrazine groups is 1. The number of hydrogen-bond acceptors (Lipinski definition) is 4. The SMILES string of the molecule is NNC1CCN(C(=O)c2ccc(F)cc2OC2CC2)CC1. The van der Waals surface area contributed by atoms with Crippen molar-refractivity contribution in [1.29, 1.82) is 0 Å². The monoisotopic (exact) mass is 293 g/mol. The van der Waals surface area contributed by atoms with E-state index in [9.17, 15) is 9.18 Å². The Balaban J connectivity index is 1.74. The van der Waals surface area contributed by atoms with Gasteiger partial charge in [0.1, 0.15) is 11.6 Å². The molecule has 3 rings (SSSR count). The maximum Gasteiger partial charge on any atom is 0.257 e. The second kappa shape index (κ2) is 5.99. The Morgan fingerprint density at radius 2 is 2.00 bits per heavy atom. The number of rotatable bonds is 4. The van der Waals surface area contributed by atoms with Gasteiger partial charge in [-0.25, -0.2) is 4.39 Å². The van der Waals surface area contributed by atoms with Crippen LogP contribution in [0.3, 0.4) is 0 Å². The fourth-order valence-electron chi connectivity index (χ4n) is 2.56. The molecule has 1 amide bonds. The molecule has 0 unspecified atom stereocenters. The maximum atomic E-state index is 13.4. The summed E-state index contributed by atoms with van der Waals surface area (Å²) in [7, 11) is 0. The lowest BCUT2D eigenvalue weighted by Crippen LogP contribution is -2.47. The molecule has 1 aromatic rings. The number of nitrogens with one attached hydrogen (secondary N) is 1. The summed E-state index contributed by atoms with van der Waals surface area (Å²) >= 11 is 0. The Morgan fingerprint density at radius 1 is 1.29 bits per heavy atom. The van der Waals surface area contributed by atoms with E-state index in [-0.39, 0.29) is 23.9 Å². The smallest absolute Gasteiger partial charge is 0.257 e. The van der Waals surface area contributed by atoms with Crippen LogP contribution in [0.5, 0.6) is 5.75 Å². The van der Waals surface area contributed by atoms with Crippen LogP contribution >= 0.6 is 0 Å². The highest BCUT2D eigenvalue weighted by atomic mass is 19.1. The molecule has 1 heterocycles. The van der Waals surface area contributed by atoms with Crippen LogP contribution < -0.4 is 16.0 Å². The average molecular weight is 293 g/mol. The Morgan fingerprint density at radius 3 is 2.62 bits per heavy atom. The number of halogens is 1. The van der Waals surface area contributed by atoms with Gasteiger partial charge in [-0.15, -0.1) is 0 Å². The summed E-state index contributed by atoms with van der Waals surface area (Å²) in [6, 6.07) is 4.38. The number of nitrogens with two attached hydrogens (primary N) is 1. The van der Waals surface area contributed by atoms with Crippen molar-refractivity contribution < 1.29 is 13.9 Å². The van der Waals surface area contributed by atoms with Gasteiger partial charge in [0.25, 0.3) is 5.91 Å². The molecule has 5 nitrogen and oxygen atoms in total. The Hall–Kier alpha value is -1.66. The van der Waals surface area contributed by atoms with Gasteiger partial charge in [-0.1, -0.05) is 0 Å². The van der Waals surface area contributed by atoms with Gasteiger partial charge in [-0.2, -0.15) is 0 Å². The van der Waals surface area contributed by atoms with Gasteiger partial charge in [0.15, 0.2) is 0 Å². The van der Waals surface area contributed by atoms with Crippen LogP contribution in [0.4, 0.5) is 4.39 Å². The number of nitrogens with zero attached hydrogens (tertiary/aromatic N) is 1. The van der Waals surface area contributed by atoms with Crippen molar-refractivity contribution in [2.24, 2.45) is 5.84 Å². The van der Waals surface area contributed by atoms with E-state index < -0.39 is 0 Å². The number of ether oxygens (including phenoxy) is 1. The highest BCUT2D eigenvalue weighted by Crippen LogP contribution is 2.30. The lowest BCUT2D eigenvalue weighted by molar-refractivity contribution is 0.0700. The molecule has 21 heavy (non-hydrogen) atoms. The van der Waals surface area contributed by atoms with E-state index in [1.807, 2.05) is 0 Å². The summed E-state index contributed by atoms with van der Waals surface area (Å²) in [5.74, 6) is 5.31. The van der Waals surface area contributed by atoms with Crippen molar-refractivity contribution in [3.63, 3.8) is 0 Å². The van der Waals surface area contributed by atoms with E-state index in [1.54, 1.807) is 4.90 Å². The van der Waals surface area contributed by atoms with Crippen LogP contribution in [0.25, 0.3) is 0 Å². The molecule has 1 aliphatic carbocycles. The molecule has 1 saturated carbocycles. The predicted octanol–water partition coefficient (Wildman–Crippen LogP) is 1.43. The minimum Gasteiger partial charge on any atom is -0.489 e. The van der Waals surface area contributed by atoms with Crippen LogP contribution in [-0.4, -0.2) is 36.0 Å². The van der Waals surface area contributed by atoms with Gasteiger partial charge in [-0.3, -0.25) is 16.1 Å². The van der Waals surface area contributed by atoms with E-state index in [1.165, 1.54) is 18.2 Å². The summed E-state index contributed by atoms with van der Waals surface area (Å²) < 4.78 is 19.1. The van der Waals surface area contributed by atoms with Crippen LogP contribution in [0.15, 0.2) is 18.2 Å². The molecule has 2 aliphatic rings. The first kappa shape index (κ1) is 14.3. The quantitative estimate of drug-likeness (QED) is 0.651. The summed E-state index contributed by atoms with van der Waals surface area (Å²) in [4.78, 5) is 14.4. The van der Waals surface area contributed by atoms with Crippen molar-refractivity contribution >= 4 is 5.91 Å². The Kier molecular flexibility index (Phi) is 4.07. The molecule has 0 bridgehead atoms. The van der Waals surface area contributed by atoms with Crippen molar-refractivity contribution in [2.45, 2.75) is 37.8 Å². The summed E-state index contributed by atoms with van der Waals surface area (Å²) in [6.07, 6.45) is 3.71. The molecule has 1 aromatic carbocycles. The number of piperidine rings is 1. The molecule has 1 saturated heterocycles. The lowest BCUT2D eigenvalue weighted by Gasteiger charge is -2.32. The number of amides is 1. The van der Waals surface area contributed by atoms with Crippen LogP contribution in [0.1, 0.15) is 36.0 Å². The van der Waals surface area contributed by atoms with Gasteiger partial charge in [-0.05, 0) is 37.8 Å². The number of carbonyl (C=O) groups excluding carboxylic acids is 1. The highest BCUT2D eigenvalue weighted by Gasteiger charge is 2.29. The maximum absolute atomic E-state index is 13.4. The molecular formula is C15H20FN3O2. The normalized spacial score (nSPS) is 19.6. The van der Waals surface area contributed by atoms with Gasteiger partial charge in [0.2, 0.25) is 0 Å². The molecule has 6 heteroatoms. The van der Waals surface area contributed by atoms with Crippen LogP contribution in [0.2, 0.25) is 0 Å². The molecule has 0 spiro atoms. The molecule has 114 valence electrons. The summed E-state index contributed by atoms with van der Waals surface area (Å²) in [5.41, 5.74) is 3.19. The summed E-state index contributed by atoms with van der Waals surface area (Å²) in [5, 5.41) is 0. The third kappa shape index (κ3) is 3.33. The second-order valence-electron chi connectivity index (χ2n) is 5.69. The number of benzene rings is 1. The fourth-order valence-corrected chi connectivity index (χ4v) is 2.56. The first-order chi connectivity index (χ1) is 10.2. The van der Waals surface area contributed by atoms with Crippen molar-refractivity contribution in [3.05, 3.63) is 29.6 Å². The van der Waals surface area contributed by atoms with Crippen molar-refractivity contribution in [1.82, 2.24) is 10.3 Å². The average Bonchev–Trinajstić information content (AvgIpc) is 3.31. The first-order valence-electron chi connectivity index (χ1n) is 7.39. The predicted molar refractivity (Wildman–Crippen MR) is 76.3 cm³/mol. The largest absolute Gasteiger partial charge is 0.489 e. The van der Waals surface area contributed by atoms with E-state index in [0.717, 1.165) is 25.7 Å². The standard InChI is InChI=1S/C15H20FN3O2/c16-10-1-4-13(14(9-10)21-12-2-3-12)15(20)19-7-5-11(18-17)6-8-19/h1,4,9,11-12,18H,2-3,5-8,17H2. The van der Waals surface area contributed by atoms with E-state index in [2.05, 4.69) is 5.43 Å². The fraction of sp³-hybridized carbons (Fsp3) is 0.533. The van der Waals surface area contributed by atoms with Crippen molar-refractivity contribution in [2.75, 3.05) is 13.1 Å². The van der Waals surface area contributed by atoms with Crippen LogP contribution in [0, 0.1) is 5.82 Å². The zero-order valence-electron chi connectivity index (χ0n) is 11.8. The minimum atomic E-state index is -0.381. The van der Waals surface area contributed by atoms with Gasteiger partial charge < -0.3 is 9.64 Å². The molecule has 3 N–H and O–H groups in total. The Bertz CT molecular complexity index is 526. The zero-order chi connectivity index (χ0) is 14.8. The molecule has 0 radical (unpaired) electrons. The van der Waals surface area contributed by atoms with Gasteiger partial charge in [0.05, 0.1) is 11.7 Å². The Labute approximate surface area is 123 Å². The molecule has 1 aliphatic heterocycles. The molecule has 0 atom stereocenters. The van der Waals surface area contributed by atoms with E-state index in [4.69, 9.17) is 10.6 Å². The lowest BCUT2D eigenvalue weighted by atomic mass is 10.0. The van der Waals surface area contributed by atoms with E-state index in [0.29, 0.717) is 24.4 Å². The summed E-state index contributed by atoms with van der Waals surface area (Å²) in [6.45, 7) is 1.29. The first-order valence-corrected chi connectivity index (χ1v) is 7.39. The molecule has 0 aromatic heterocycles.